The molecule has 1 aliphatic rings. The summed E-state index contributed by atoms with van der Waals surface area (Å²) in [5, 5.41) is 9.50. The molecule has 1 amide bonds. The van der Waals surface area contributed by atoms with Gasteiger partial charge in [-0.25, -0.2) is 4.98 Å². The van der Waals surface area contributed by atoms with Crippen LogP contribution in [0.5, 0.6) is 5.75 Å². The summed E-state index contributed by atoms with van der Waals surface area (Å²) in [5.41, 5.74) is 2.15. The van der Waals surface area contributed by atoms with Crippen molar-refractivity contribution in [3.8, 4) is 5.75 Å². The van der Waals surface area contributed by atoms with Crippen molar-refractivity contribution in [3.05, 3.63) is 59.2 Å². The van der Waals surface area contributed by atoms with Gasteiger partial charge in [-0.2, -0.15) is 4.39 Å². The molecule has 2 aromatic rings. The van der Waals surface area contributed by atoms with Crippen LogP contribution in [-0.2, 0) is 13.0 Å². The highest BCUT2D eigenvalue weighted by molar-refractivity contribution is 5.92. The Balaban J connectivity index is 1.84. The quantitative estimate of drug-likeness (QED) is 0.809. The van der Waals surface area contributed by atoms with Crippen LogP contribution in [0.25, 0.3) is 0 Å². The molecule has 4 nitrogen and oxygen atoms in total. The molecule has 0 saturated carbocycles. The fraction of sp³-hybridized carbons (Fsp3) is 0.200. The highest BCUT2D eigenvalue weighted by atomic mass is 19.1. The summed E-state index contributed by atoms with van der Waals surface area (Å²) in [6.45, 7) is 0.968. The van der Waals surface area contributed by atoms with Gasteiger partial charge < -0.3 is 10.0 Å². The van der Waals surface area contributed by atoms with Gasteiger partial charge in [0.1, 0.15) is 11.4 Å². The van der Waals surface area contributed by atoms with Crippen molar-refractivity contribution in [3.63, 3.8) is 0 Å². The number of pyridine rings is 1. The highest BCUT2D eigenvalue weighted by Crippen LogP contribution is 2.23. The van der Waals surface area contributed by atoms with Crippen LogP contribution in [0.4, 0.5) is 4.39 Å². The van der Waals surface area contributed by atoms with Crippen molar-refractivity contribution >= 4 is 5.91 Å². The Morgan fingerprint density at radius 1 is 1.25 bits per heavy atom. The number of nitrogens with zero attached hydrogens (tertiary/aromatic N) is 2. The van der Waals surface area contributed by atoms with E-state index in [0.29, 0.717) is 13.1 Å². The van der Waals surface area contributed by atoms with E-state index < -0.39 is 5.95 Å². The number of fused-ring (bicyclic) bond motifs is 1. The number of hydrogen-bond acceptors (Lipinski definition) is 3. The molecule has 0 aliphatic carbocycles. The van der Waals surface area contributed by atoms with Crippen LogP contribution in [0.1, 0.15) is 21.6 Å². The fourth-order valence-corrected chi connectivity index (χ4v) is 2.41. The number of amides is 1. The van der Waals surface area contributed by atoms with Crippen molar-refractivity contribution in [1.29, 1.82) is 0 Å². The molecule has 0 saturated heterocycles. The number of rotatable bonds is 1. The third kappa shape index (κ3) is 2.34. The van der Waals surface area contributed by atoms with Crippen LogP contribution in [0.3, 0.4) is 0 Å². The van der Waals surface area contributed by atoms with Gasteiger partial charge in [0, 0.05) is 13.1 Å². The zero-order chi connectivity index (χ0) is 14.1. The van der Waals surface area contributed by atoms with Gasteiger partial charge in [-0.1, -0.05) is 12.1 Å². The van der Waals surface area contributed by atoms with Gasteiger partial charge in [0.15, 0.2) is 0 Å². The monoisotopic (exact) mass is 272 g/mol. The van der Waals surface area contributed by atoms with E-state index in [-0.39, 0.29) is 17.4 Å². The van der Waals surface area contributed by atoms with Crippen molar-refractivity contribution in [2.75, 3.05) is 6.54 Å². The van der Waals surface area contributed by atoms with Crippen LogP contribution in [0.15, 0.2) is 36.4 Å². The standard InChI is InChI=1S/C15H13FN2O2/c16-14-3-1-2-13(17-14)15(20)18-7-6-10-4-5-12(19)8-11(10)9-18/h1-5,8,19H,6-7,9H2. The van der Waals surface area contributed by atoms with E-state index in [2.05, 4.69) is 4.98 Å². The molecule has 0 bridgehead atoms. The second-order valence-electron chi connectivity index (χ2n) is 4.78. The molecule has 1 aromatic carbocycles. The lowest BCUT2D eigenvalue weighted by Gasteiger charge is -2.28. The van der Waals surface area contributed by atoms with Gasteiger partial charge in [0.2, 0.25) is 5.95 Å². The van der Waals surface area contributed by atoms with Crippen LogP contribution >= 0.6 is 0 Å². The maximum atomic E-state index is 13.1. The summed E-state index contributed by atoms with van der Waals surface area (Å²) in [6, 6.07) is 9.36. The molecular formula is C15H13FN2O2. The molecular weight excluding hydrogens is 259 g/mol. The first-order valence-electron chi connectivity index (χ1n) is 6.36. The number of carbonyl (C=O) groups excluding carboxylic acids is 1. The van der Waals surface area contributed by atoms with Gasteiger partial charge in [0.25, 0.3) is 5.91 Å². The predicted molar refractivity (Wildman–Crippen MR) is 70.7 cm³/mol. The number of phenolic OH excluding ortho intramolecular Hbond substituents is 1. The molecule has 1 aliphatic heterocycles. The topological polar surface area (TPSA) is 53.4 Å². The van der Waals surface area contributed by atoms with Crippen LogP contribution < -0.4 is 0 Å². The number of aromatic hydroxyl groups is 1. The summed E-state index contributed by atoms with van der Waals surface area (Å²) >= 11 is 0. The molecule has 5 heteroatoms. The third-order valence-electron chi connectivity index (χ3n) is 3.42. The molecule has 3 rings (SSSR count). The number of hydrogen-bond donors (Lipinski definition) is 1. The van der Waals surface area contributed by atoms with Crippen molar-refractivity contribution in [1.82, 2.24) is 9.88 Å². The molecule has 0 fully saturated rings. The predicted octanol–water partition coefficient (Wildman–Crippen LogP) is 2.12. The van der Waals surface area contributed by atoms with Gasteiger partial charge in [-0.3, -0.25) is 4.79 Å². The lowest BCUT2D eigenvalue weighted by atomic mass is 9.99. The minimum atomic E-state index is -0.661. The fourth-order valence-electron chi connectivity index (χ4n) is 2.41. The van der Waals surface area contributed by atoms with Gasteiger partial charge >= 0.3 is 0 Å². The van der Waals surface area contributed by atoms with E-state index in [9.17, 15) is 14.3 Å². The van der Waals surface area contributed by atoms with Crippen LogP contribution in [0, 0.1) is 5.95 Å². The maximum absolute atomic E-state index is 13.1. The summed E-state index contributed by atoms with van der Waals surface area (Å²) in [5.74, 6) is -0.772. The Kier molecular flexibility index (Phi) is 3.10. The summed E-state index contributed by atoms with van der Waals surface area (Å²) < 4.78 is 13.1. The first-order chi connectivity index (χ1) is 9.63. The normalized spacial score (nSPS) is 13.9. The molecule has 20 heavy (non-hydrogen) atoms. The molecule has 2 heterocycles. The minimum Gasteiger partial charge on any atom is -0.508 e. The third-order valence-corrected chi connectivity index (χ3v) is 3.42. The summed E-state index contributed by atoms with van der Waals surface area (Å²) in [7, 11) is 0. The number of halogens is 1. The van der Waals surface area contributed by atoms with E-state index in [0.717, 1.165) is 17.5 Å². The Bertz CT molecular complexity index is 673. The first-order valence-corrected chi connectivity index (χ1v) is 6.36. The minimum absolute atomic E-state index is 0.105. The molecule has 0 atom stereocenters. The summed E-state index contributed by atoms with van der Waals surface area (Å²) in [4.78, 5) is 17.5. The largest absolute Gasteiger partial charge is 0.508 e. The van der Waals surface area contributed by atoms with E-state index >= 15 is 0 Å². The lowest BCUT2D eigenvalue weighted by molar-refractivity contribution is 0.0727. The first kappa shape index (κ1) is 12.6. The second-order valence-corrected chi connectivity index (χ2v) is 4.78. The van der Waals surface area contributed by atoms with Crippen LogP contribution in [-0.4, -0.2) is 27.4 Å². The van der Waals surface area contributed by atoms with Gasteiger partial charge in [0.05, 0.1) is 0 Å². The molecule has 1 aromatic heterocycles. The molecule has 0 unspecified atom stereocenters. The molecule has 1 N–H and O–H groups in total. The molecule has 0 spiro atoms. The number of phenols is 1. The van der Waals surface area contributed by atoms with Crippen molar-refractivity contribution in [2.24, 2.45) is 0 Å². The van der Waals surface area contributed by atoms with E-state index in [1.165, 1.54) is 18.2 Å². The summed E-state index contributed by atoms with van der Waals surface area (Å²) in [6.07, 6.45) is 0.719. The maximum Gasteiger partial charge on any atom is 0.272 e. The zero-order valence-corrected chi connectivity index (χ0v) is 10.7. The van der Waals surface area contributed by atoms with Gasteiger partial charge in [-0.05, 0) is 41.8 Å². The number of benzene rings is 1. The Labute approximate surface area is 115 Å². The Hall–Kier alpha value is -2.43. The lowest BCUT2D eigenvalue weighted by Crippen LogP contribution is -2.36. The SMILES string of the molecule is O=C(c1cccc(F)n1)N1CCc2ccc(O)cc2C1. The smallest absolute Gasteiger partial charge is 0.272 e. The Morgan fingerprint density at radius 3 is 2.90 bits per heavy atom. The van der Waals surface area contributed by atoms with Crippen molar-refractivity contribution < 1.29 is 14.3 Å². The molecule has 102 valence electrons. The van der Waals surface area contributed by atoms with E-state index in [1.807, 2.05) is 6.07 Å². The van der Waals surface area contributed by atoms with E-state index in [1.54, 1.807) is 17.0 Å². The Morgan fingerprint density at radius 2 is 2.10 bits per heavy atom. The zero-order valence-electron chi connectivity index (χ0n) is 10.7. The number of aromatic nitrogens is 1. The molecule has 0 radical (unpaired) electrons. The van der Waals surface area contributed by atoms with Gasteiger partial charge in [-0.15, -0.1) is 0 Å². The van der Waals surface area contributed by atoms with Crippen molar-refractivity contribution in [2.45, 2.75) is 13.0 Å². The second kappa shape index (κ2) is 4.92. The van der Waals surface area contributed by atoms with Crippen LogP contribution in [0.2, 0.25) is 0 Å². The number of carbonyl (C=O) groups is 1. The average molecular weight is 272 g/mol. The van der Waals surface area contributed by atoms with E-state index in [4.69, 9.17) is 0 Å². The highest BCUT2D eigenvalue weighted by Gasteiger charge is 2.23. The average Bonchev–Trinajstić information content (AvgIpc) is 2.45.